The van der Waals surface area contributed by atoms with Gasteiger partial charge in [-0.3, -0.25) is 0 Å². The van der Waals surface area contributed by atoms with E-state index in [0.29, 0.717) is 5.75 Å². The van der Waals surface area contributed by atoms with E-state index in [9.17, 15) is 0 Å². The van der Waals surface area contributed by atoms with Crippen molar-refractivity contribution in [1.82, 2.24) is 0 Å². The van der Waals surface area contributed by atoms with Crippen molar-refractivity contribution in [3.05, 3.63) is 29.8 Å². The average Bonchev–Trinajstić information content (AvgIpc) is 2.32. The molecule has 0 amide bonds. The molecule has 7 fully saturated rings. The minimum atomic E-state index is 0.368. The van der Waals surface area contributed by atoms with Crippen LogP contribution in [-0.4, -0.2) is 5.11 Å². The van der Waals surface area contributed by atoms with E-state index in [0.717, 1.165) is 11.0 Å². The van der Waals surface area contributed by atoms with Gasteiger partial charge < -0.3 is 5.11 Å². The summed E-state index contributed by atoms with van der Waals surface area (Å²) in [6.45, 7) is 1.87. The summed E-state index contributed by atoms with van der Waals surface area (Å²) in [5.41, 5.74) is 1.91. The largest absolute Gasteiger partial charge is 0.508 e. The van der Waals surface area contributed by atoms with Crippen LogP contribution in [0.1, 0.15) is 37.7 Å². The molecule has 7 aliphatic carbocycles. The van der Waals surface area contributed by atoms with Gasteiger partial charge in [-0.25, -0.2) is 0 Å². The predicted molar refractivity (Wildman–Crippen MR) is 72.3 cm³/mol. The first kappa shape index (κ1) is 10.9. The summed E-state index contributed by atoms with van der Waals surface area (Å²) < 4.78 is 0. The van der Waals surface area contributed by atoms with Gasteiger partial charge in [0.05, 0.1) is 0 Å². The molecule has 1 aromatic rings. The first-order chi connectivity index (χ1) is 8.68. The van der Waals surface area contributed by atoms with Crippen LogP contribution in [0.3, 0.4) is 0 Å². The Morgan fingerprint density at radius 3 is 2.06 bits per heavy atom. The summed E-state index contributed by atoms with van der Waals surface area (Å²) in [4.78, 5) is 0. The molecule has 1 N–H and O–H groups in total. The molecule has 5 bridgehead atoms. The molecule has 0 aromatic heterocycles. The van der Waals surface area contributed by atoms with E-state index in [1.165, 1.54) is 23.7 Å². The Kier molecular flexibility index (Phi) is 2.13. The van der Waals surface area contributed by atoms with Gasteiger partial charge in [0, 0.05) is 0 Å². The Morgan fingerprint density at radius 2 is 1.72 bits per heavy atom. The lowest BCUT2D eigenvalue weighted by Crippen LogP contribution is -2.69. The van der Waals surface area contributed by atoms with E-state index < -0.39 is 0 Å². The summed E-state index contributed by atoms with van der Waals surface area (Å²) in [5.74, 6) is 5.28. The molecular weight excluding hydrogens is 220 g/mol. The van der Waals surface area contributed by atoms with Crippen LogP contribution in [0.4, 0.5) is 0 Å². The highest BCUT2D eigenvalue weighted by molar-refractivity contribution is 5.29. The molecule has 2 unspecified atom stereocenters. The van der Waals surface area contributed by atoms with Crippen molar-refractivity contribution >= 4 is 0 Å². The predicted octanol–water partition coefficient (Wildman–Crippen LogP) is 4.14. The van der Waals surface area contributed by atoms with Crippen LogP contribution in [0.15, 0.2) is 24.3 Å². The Morgan fingerprint density at radius 1 is 1.06 bits per heavy atom. The highest BCUT2D eigenvalue weighted by atomic mass is 16.3. The maximum Gasteiger partial charge on any atom is 0.118 e. The molecule has 0 aliphatic heterocycles. The molecule has 7 saturated carbocycles. The van der Waals surface area contributed by atoms with Gasteiger partial charge >= 0.3 is 0 Å². The molecule has 18 heavy (non-hydrogen) atoms. The fourth-order valence-electron chi connectivity index (χ4n) is 5.74. The molecule has 0 saturated heterocycles. The number of hydrogen-bond donors (Lipinski definition) is 1. The zero-order valence-corrected chi connectivity index (χ0v) is 11.1. The van der Waals surface area contributed by atoms with Crippen LogP contribution < -0.4 is 0 Å². The fraction of sp³-hybridized carbons (Fsp3) is 0.647. The third kappa shape index (κ3) is 1.34. The maximum absolute atomic E-state index is 8.92. The van der Waals surface area contributed by atoms with Crippen molar-refractivity contribution in [2.75, 3.05) is 0 Å². The lowest BCUT2D eigenvalue weighted by Gasteiger charge is -2.77. The SMILES string of the molecule is C1C2CC3CC4(C2)CC1C34.Cc1ccccc1O. The monoisotopic (exact) mass is 242 g/mol. The number of phenols is 1. The minimum Gasteiger partial charge on any atom is -0.508 e. The molecule has 1 heteroatoms. The second-order valence-corrected chi connectivity index (χ2v) is 7.14. The Bertz CT molecular complexity index is 434. The van der Waals surface area contributed by atoms with E-state index in [1.807, 2.05) is 25.1 Å². The van der Waals surface area contributed by atoms with Crippen molar-refractivity contribution in [3.8, 4) is 5.75 Å². The minimum absolute atomic E-state index is 0.368. The average molecular weight is 242 g/mol. The van der Waals surface area contributed by atoms with Crippen molar-refractivity contribution in [1.29, 1.82) is 0 Å². The maximum atomic E-state index is 8.92. The van der Waals surface area contributed by atoms with Crippen molar-refractivity contribution in [2.24, 2.45) is 29.1 Å². The summed E-state index contributed by atoms with van der Waals surface area (Å²) in [6, 6.07) is 7.25. The number of aromatic hydroxyl groups is 1. The van der Waals surface area contributed by atoms with Crippen molar-refractivity contribution < 1.29 is 5.11 Å². The number of aryl methyl sites for hydroxylation is 1. The van der Waals surface area contributed by atoms with E-state index in [2.05, 4.69) is 0 Å². The normalized spacial score (nSPS) is 45.4. The van der Waals surface area contributed by atoms with E-state index >= 15 is 0 Å². The smallest absolute Gasteiger partial charge is 0.118 e. The molecular formula is C17H22O. The first-order valence-electron chi connectivity index (χ1n) is 7.42. The lowest BCUT2D eigenvalue weighted by atomic mass is 9.28. The molecule has 0 radical (unpaired) electrons. The summed E-state index contributed by atoms with van der Waals surface area (Å²) in [6.07, 6.45) is 8.19. The van der Waals surface area contributed by atoms with E-state index in [4.69, 9.17) is 5.11 Å². The van der Waals surface area contributed by atoms with Crippen molar-refractivity contribution in [2.45, 2.75) is 39.0 Å². The van der Waals surface area contributed by atoms with Crippen LogP contribution in [0.2, 0.25) is 0 Å². The van der Waals surface area contributed by atoms with E-state index in [-0.39, 0.29) is 0 Å². The number of phenolic OH excluding ortho intramolecular Hbond substituents is 1. The number of hydrogen-bond acceptors (Lipinski definition) is 1. The van der Waals surface area contributed by atoms with Gasteiger partial charge in [0.1, 0.15) is 5.75 Å². The Labute approximate surface area is 109 Å². The second kappa shape index (κ2) is 3.53. The molecule has 7 aliphatic rings. The third-order valence-electron chi connectivity index (χ3n) is 6.14. The summed E-state index contributed by atoms with van der Waals surface area (Å²) >= 11 is 0. The molecule has 1 spiro atoms. The van der Waals surface area contributed by atoms with E-state index in [1.54, 1.807) is 38.2 Å². The van der Waals surface area contributed by atoms with Gasteiger partial charge in [-0.1, -0.05) is 18.2 Å². The summed E-state index contributed by atoms with van der Waals surface area (Å²) in [7, 11) is 0. The highest BCUT2D eigenvalue weighted by Gasteiger charge is 2.70. The van der Waals surface area contributed by atoms with Gasteiger partial charge in [0.2, 0.25) is 0 Å². The van der Waals surface area contributed by atoms with Crippen LogP contribution in [0.5, 0.6) is 5.75 Å². The van der Waals surface area contributed by atoms with Gasteiger partial charge in [-0.15, -0.1) is 0 Å². The highest BCUT2D eigenvalue weighted by Crippen LogP contribution is 2.79. The fourth-order valence-corrected chi connectivity index (χ4v) is 5.74. The van der Waals surface area contributed by atoms with Gasteiger partial charge in [0.25, 0.3) is 0 Å². The second-order valence-electron chi connectivity index (χ2n) is 7.14. The zero-order valence-electron chi connectivity index (χ0n) is 11.1. The quantitative estimate of drug-likeness (QED) is 0.725. The summed E-state index contributed by atoms with van der Waals surface area (Å²) in [5, 5.41) is 8.92. The van der Waals surface area contributed by atoms with Gasteiger partial charge in [-0.2, -0.15) is 0 Å². The van der Waals surface area contributed by atoms with Crippen molar-refractivity contribution in [3.63, 3.8) is 0 Å². The lowest BCUT2D eigenvalue weighted by molar-refractivity contribution is -0.278. The topological polar surface area (TPSA) is 20.2 Å². The standard InChI is InChI=1S/C10H14.C7H8O/c1-6-2-8-5-10(3-6)4-7(1)9(8)10;1-6-4-2-3-5-7(6)8/h6-9H,1-5H2;2-5,8H,1H3. The molecule has 2 atom stereocenters. The Balaban J connectivity index is 0.000000102. The van der Waals surface area contributed by atoms with Gasteiger partial charge in [-0.05, 0) is 79.7 Å². The third-order valence-corrected chi connectivity index (χ3v) is 6.14. The molecule has 1 aromatic carbocycles. The van der Waals surface area contributed by atoms with Crippen LogP contribution >= 0.6 is 0 Å². The number of benzene rings is 1. The Hall–Kier alpha value is -0.980. The number of para-hydroxylation sites is 1. The zero-order chi connectivity index (χ0) is 12.3. The van der Waals surface area contributed by atoms with Crippen LogP contribution in [0.25, 0.3) is 0 Å². The number of rotatable bonds is 0. The van der Waals surface area contributed by atoms with Crippen LogP contribution in [-0.2, 0) is 0 Å². The molecule has 0 heterocycles. The molecule has 1 nitrogen and oxygen atoms in total. The van der Waals surface area contributed by atoms with Crippen LogP contribution in [0, 0.1) is 36.0 Å². The molecule has 8 rings (SSSR count). The first-order valence-corrected chi connectivity index (χ1v) is 7.42. The van der Waals surface area contributed by atoms with Gasteiger partial charge in [0.15, 0.2) is 0 Å². The molecule has 96 valence electrons.